The first-order chi connectivity index (χ1) is 11.6. The first kappa shape index (κ1) is 15.1. The van der Waals surface area contributed by atoms with E-state index >= 15 is 0 Å². The second-order valence-corrected chi connectivity index (χ2v) is 6.75. The van der Waals surface area contributed by atoms with E-state index in [1.165, 1.54) is 30.6 Å². The number of nitrogens with zero attached hydrogens (tertiary/aromatic N) is 2. The molecule has 1 N–H and O–H groups in total. The highest BCUT2D eigenvalue weighted by molar-refractivity contribution is 5.95. The molecule has 0 saturated carbocycles. The van der Waals surface area contributed by atoms with Crippen LogP contribution in [0.5, 0.6) is 5.75 Å². The number of amides is 1. The molecule has 2 atom stereocenters. The molecule has 2 aromatic rings. The molecule has 2 bridgehead atoms. The molecule has 2 aliphatic heterocycles. The molecule has 2 saturated heterocycles. The van der Waals surface area contributed by atoms with Crippen LogP contribution in [0.2, 0.25) is 0 Å². The van der Waals surface area contributed by atoms with Gasteiger partial charge in [0.25, 0.3) is 5.91 Å². The van der Waals surface area contributed by atoms with Crippen molar-refractivity contribution in [3.8, 4) is 5.75 Å². The molecule has 3 heterocycles. The van der Waals surface area contributed by atoms with Crippen molar-refractivity contribution in [2.45, 2.75) is 43.7 Å². The van der Waals surface area contributed by atoms with Crippen molar-refractivity contribution in [1.29, 1.82) is 0 Å². The van der Waals surface area contributed by atoms with Gasteiger partial charge in [0.05, 0.1) is 11.8 Å². The summed E-state index contributed by atoms with van der Waals surface area (Å²) in [6.07, 6.45) is 6.64. The van der Waals surface area contributed by atoms with Gasteiger partial charge in [0.1, 0.15) is 11.6 Å². The van der Waals surface area contributed by atoms with Gasteiger partial charge in [0, 0.05) is 18.3 Å². The number of benzene rings is 1. The van der Waals surface area contributed by atoms with Crippen LogP contribution in [0.15, 0.2) is 42.7 Å². The molecule has 4 nitrogen and oxygen atoms in total. The van der Waals surface area contributed by atoms with E-state index in [-0.39, 0.29) is 29.6 Å². The highest BCUT2D eigenvalue weighted by Crippen LogP contribution is 2.43. The van der Waals surface area contributed by atoms with Gasteiger partial charge in [-0.15, -0.1) is 0 Å². The molecule has 2 aliphatic rings. The Morgan fingerprint density at radius 2 is 1.79 bits per heavy atom. The standard InChI is InChI=1S/C19H19FN2O2/c20-15-3-1-12(2-4-15)13-7-16-5-6-17(8-13)22(16)19(24)14-9-18(23)11-21-10-14/h1-4,9-11,13,16-17,23H,5-8H2/t16-,17-/m1/s1. The number of fused-ring (bicyclic) bond motifs is 2. The smallest absolute Gasteiger partial charge is 0.256 e. The van der Waals surface area contributed by atoms with Gasteiger partial charge in [0.2, 0.25) is 0 Å². The molecular formula is C19H19FN2O2. The molecule has 24 heavy (non-hydrogen) atoms. The predicted molar refractivity (Wildman–Crippen MR) is 87.3 cm³/mol. The summed E-state index contributed by atoms with van der Waals surface area (Å²) in [7, 11) is 0. The van der Waals surface area contributed by atoms with Crippen molar-refractivity contribution < 1.29 is 14.3 Å². The molecule has 5 heteroatoms. The third-order valence-electron chi connectivity index (χ3n) is 5.28. The fraction of sp³-hybridized carbons (Fsp3) is 0.368. The molecule has 1 aromatic carbocycles. The number of aromatic hydroxyl groups is 1. The Balaban J connectivity index is 1.55. The minimum absolute atomic E-state index is 0.00870. The van der Waals surface area contributed by atoms with E-state index < -0.39 is 0 Å². The molecule has 2 fully saturated rings. The topological polar surface area (TPSA) is 53.4 Å². The number of hydrogen-bond acceptors (Lipinski definition) is 3. The van der Waals surface area contributed by atoms with Crippen LogP contribution < -0.4 is 0 Å². The number of aromatic nitrogens is 1. The van der Waals surface area contributed by atoms with Crippen molar-refractivity contribution in [3.05, 3.63) is 59.7 Å². The van der Waals surface area contributed by atoms with E-state index in [0.29, 0.717) is 11.5 Å². The van der Waals surface area contributed by atoms with Crippen LogP contribution in [0.1, 0.15) is 47.5 Å². The molecule has 0 aliphatic carbocycles. The van der Waals surface area contributed by atoms with Crippen molar-refractivity contribution in [3.63, 3.8) is 0 Å². The lowest BCUT2D eigenvalue weighted by Crippen LogP contribution is -2.46. The van der Waals surface area contributed by atoms with Gasteiger partial charge in [-0.25, -0.2) is 4.39 Å². The van der Waals surface area contributed by atoms with E-state index in [9.17, 15) is 14.3 Å². The zero-order valence-electron chi connectivity index (χ0n) is 13.2. The number of hydrogen-bond donors (Lipinski definition) is 1. The third-order valence-corrected chi connectivity index (χ3v) is 5.28. The van der Waals surface area contributed by atoms with Crippen LogP contribution in [0.3, 0.4) is 0 Å². The number of carbonyl (C=O) groups excluding carboxylic acids is 1. The Bertz CT molecular complexity index is 748. The molecule has 0 spiro atoms. The average Bonchev–Trinajstić information content (AvgIpc) is 2.84. The zero-order chi connectivity index (χ0) is 16.7. The number of pyridine rings is 1. The lowest BCUT2D eigenvalue weighted by molar-refractivity contribution is 0.0570. The van der Waals surface area contributed by atoms with Gasteiger partial charge in [-0.3, -0.25) is 9.78 Å². The second kappa shape index (κ2) is 5.89. The van der Waals surface area contributed by atoms with Gasteiger partial charge in [-0.2, -0.15) is 0 Å². The largest absolute Gasteiger partial charge is 0.506 e. The molecule has 124 valence electrons. The number of piperidine rings is 1. The Labute approximate surface area is 139 Å². The summed E-state index contributed by atoms with van der Waals surface area (Å²) in [6.45, 7) is 0. The van der Waals surface area contributed by atoms with E-state index in [1.807, 2.05) is 17.0 Å². The summed E-state index contributed by atoms with van der Waals surface area (Å²) >= 11 is 0. The third kappa shape index (κ3) is 2.64. The van der Waals surface area contributed by atoms with Gasteiger partial charge in [0.15, 0.2) is 0 Å². The fourth-order valence-corrected chi connectivity index (χ4v) is 4.21. The Morgan fingerprint density at radius 3 is 2.42 bits per heavy atom. The van der Waals surface area contributed by atoms with Crippen LogP contribution in [0, 0.1) is 5.82 Å². The Morgan fingerprint density at radius 1 is 1.12 bits per heavy atom. The zero-order valence-corrected chi connectivity index (χ0v) is 13.2. The molecule has 1 amide bonds. The summed E-state index contributed by atoms with van der Waals surface area (Å²) < 4.78 is 13.1. The molecular weight excluding hydrogens is 307 g/mol. The number of rotatable bonds is 2. The summed E-state index contributed by atoms with van der Waals surface area (Å²) in [5.41, 5.74) is 1.59. The summed E-state index contributed by atoms with van der Waals surface area (Å²) in [6, 6.07) is 8.61. The van der Waals surface area contributed by atoms with Gasteiger partial charge in [-0.05, 0) is 55.4 Å². The number of carbonyl (C=O) groups is 1. The van der Waals surface area contributed by atoms with Crippen LogP contribution in [-0.2, 0) is 0 Å². The predicted octanol–water partition coefficient (Wildman–Crippen LogP) is 3.48. The van der Waals surface area contributed by atoms with Crippen molar-refractivity contribution in [1.82, 2.24) is 9.88 Å². The van der Waals surface area contributed by atoms with E-state index in [4.69, 9.17) is 0 Å². The van der Waals surface area contributed by atoms with Crippen LogP contribution in [0.25, 0.3) is 0 Å². The Kier molecular flexibility index (Phi) is 3.71. The maximum absolute atomic E-state index is 13.1. The van der Waals surface area contributed by atoms with Crippen molar-refractivity contribution >= 4 is 5.91 Å². The summed E-state index contributed by atoms with van der Waals surface area (Å²) in [5.74, 6) is 0.109. The number of halogens is 1. The van der Waals surface area contributed by atoms with E-state index in [2.05, 4.69) is 4.98 Å². The average molecular weight is 326 g/mol. The first-order valence-corrected chi connectivity index (χ1v) is 8.34. The maximum Gasteiger partial charge on any atom is 0.256 e. The SMILES string of the molecule is O=C(c1cncc(O)c1)N1[C@@H]2CC[C@@H]1CC(c1ccc(F)cc1)C2. The maximum atomic E-state index is 13.1. The van der Waals surface area contributed by atoms with E-state index in [0.717, 1.165) is 31.2 Å². The highest BCUT2D eigenvalue weighted by Gasteiger charge is 2.43. The molecule has 0 unspecified atom stereocenters. The molecule has 4 rings (SSSR count). The first-order valence-electron chi connectivity index (χ1n) is 8.34. The monoisotopic (exact) mass is 326 g/mol. The van der Waals surface area contributed by atoms with Crippen LogP contribution in [0.4, 0.5) is 4.39 Å². The van der Waals surface area contributed by atoms with Gasteiger partial charge >= 0.3 is 0 Å². The summed E-state index contributed by atoms with van der Waals surface area (Å²) in [5, 5.41) is 9.56. The minimum Gasteiger partial charge on any atom is -0.506 e. The second-order valence-electron chi connectivity index (χ2n) is 6.75. The normalized spacial score (nSPS) is 25.7. The summed E-state index contributed by atoms with van der Waals surface area (Å²) in [4.78, 5) is 18.7. The Hall–Kier alpha value is -2.43. The lowest BCUT2D eigenvalue weighted by Gasteiger charge is -2.39. The van der Waals surface area contributed by atoms with Gasteiger partial charge in [-0.1, -0.05) is 12.1 Å². The van der Waals surface area contributed by atoms with Crippen LogP contribution >= 0.6 is 0 Å². The van der Waals surface area contributed by atoms with Crippen molar-refractivity contribution in [2.75, 3.05) is 0 Å². The molecule has 1 aromatic heterocycles. The molecule has 0 radical (unpaired) electrons. The highest BCUT2D eigenvalue weighted by atomic mass is 19.1. The van der Waals surface area contributed by atoms with Crippen molar-refractivity contribution in [2.24, 2.45) is 0 Å². The minimum atomic E-state index is -0.217. The van der Waals surface area contributed by atoms with Gasteiger partial charge < -0.3 is 10.0 Å². The lowest BCUT2D eigenvalue weighted by atomic mass is 9.85. The van der Waals surface area contributed by atoms with Crippen LogP contribution in [-0.4, -0.2) is 33.0 Å². The van der Waals surface area contributed by atoms with E-state index in [1.54, 1.807) is 0 Å². The fourth-order valence-electron chi connectivity index (χ4n) is 4.21. The quantitative estimate of drug-likeness (QED) is 0.919.